The smallest absolute Gasteiger partial charge is 0.337 e. The number of esters is 1. The van der Waals surface area contributed by atoms with Crippen LogP contribution in [0.3, 0.4) is 0 Å². The second kappa shape index (κ2) is 6.58. The van der Waals surface area contributed by atoms with E-state index in [2.05, 4.69) is 4.74 Å². The Morgan fingerprint density at radius 2 is 1.92 bits per heavy atom. The molecule has 0 aromatic heterocycles. The SMILES string of the molecule is CCOc1ccc2c(c1)OC(=Cc1ccc(C(=O)OC)cc1)C2=O. The van der Waals surface area contributed by atoms with Gasteiger partial charge < -0.3 is 14.2 Å². The molecule has 0 N–H and O–H groups in total. The van der Waals surface area contributed by atoms with Crippen molar-refractivity contribution in [1.82, 2.24) is 0 Å². The van der Waals surface area contributed by atoms with Crippen LogP contribution in [0.25, 0.3) is 6.08 Å². The maximum absolute atomic E-state index is 12.4. The highest BCUT2D eigenvalue weighted by Crippen LogP contribution is 2.34. The van der Waals surface area contributed by atoms with Crippen LogP contribution in [0.2, 0.25) is 0 Å². The number of carbonyl (C=O) groups excluding carboxylic acids is 2. The average molecular weight is 324 g/mol. The van der Waals surface area contributed by atoms with Crippen molar-refractivity contribution in [3.8, 4) is 11.5 Å². The zero-order chi connectivity index (χ0) is 17.1. The van der Waals surface area contributed by atoms with Gasteiger partial charge in [0.2, 0.25) is 5.78 Å². The van der Waals surface area contributed by atoms with Gasteiger partial charge in [0, 0.05) is 6.07 Å². The molecule has 24 heavy (non-hydrogen) atoms. The molecule has 0 saturated heterocycles. The summed E-state index contributed by atoms with van der Waals surface area (Å²) in [4.78, 5) is 23.8. The average Bonchev–Trinajstić information content (AvgIpc) is 2.90. The molecule has 2 aromatic carbocycles. The topological polar surface area (TPSA) is 61.8 Å². The van der Waals surface area contributed by atoms with Gasteiger partial charge in [0.25, 0.3) is 0 Å². The van der Waals surface area contributed by atoms with E-state index >= 15 is 0 Å². The first-order chi connectivity index (χ1) is 11.6. The molecule has 1 aliphatic rings. The van der Waals surface area contributed by atoms with Gasteiger partial charge in [0.15, 0.2) is 5.76 Å². The largest absolute Gasteiger partial charge is 0.494 e. The van der Waals surface area contributed by atoms with E-state index in [1.54, 1.807) is 48.5 Å². The monoisotopic (exact) mass is 324 g/mol. The molecule has 0 aliphatic carbocycles. The summed E-state index contributed by atoms with van der Waals surface area (Å²) in [6.45, 7) is 2.44. The second-order valence-electron chi connectivity index (χ2n) is 5.14. The Morgan fingerprint density at radius 1 is 1.17 bits per heavy atom. The summed E-state index contributed by atoms with van der Waals surface area (Å²) in [6.07, 6.45) is 1.64. The Balaban J connectivity index is 1.84. The predicted octanol–water partition coefficient (Wildman–Crippen LogP) is 3.49. The summed E-state index contributed by atoms with van der Waals surface area (Å²) in [7, 11) is 1.33. The van der Waals surface area contributed by atoms with Crippen molar-refractivity contribution < 1.29 is 23.8 Å². The molecular weight excluding hydrogens is 308 g/mol. The van der Waals surface area contributed by atoms with Gasteiger partial charge >= 0.3 is 5.97 Å². The van der Waals surface area contributed by atoms with Crippen molar-refractivity contribution in [2.75, 3.05) is 13.7 Å². The van der Waals surface area contributed by atoms with E-state index in [9.17, 15) is 9.59 Å². The first-order valence-corrected chi connectivity index (χ1v) is 7.52. The molecule has 0 amide bonds. The number of carbonyl (C=O) groups is 2. The van der Waals surface area contributed by atoms with Crippen molar-refractivity contribution in [2.24, 2.45) is 0 Å². The molecule has 5 nitrogen and oxygen atoms in total. The summed E-state index contributed by atoms with van der Waals surface area (Å²) in [5, 5.41) is 0. The third-order valence-corrected chi connectivity index (χ3v) is 3.58. The van der Waals surface area contributed by atoms with Crippen LogP contribution < -0.4 is 9.47 Å². The maximum atomic E-state index is 12.4. The van der Waals surface area contributed by atoms with Crippen LogP contribution in [0.5, 0.6) is 11.5 Å². The van der Waals surface area contributed by atoms with E-state index in [1.807, 2.05) is 6.92 Å². The van der Waals surface area contributed by atoms with Crippen LogP contribution in [-0.2, 0) is 4.74 Å². The quantitative estimate of drug-likeness (QED) is 0.636. The van der Waals surface area contributed by atoms with Crippen molar-refractivity contribution in [1.29, 1.82) is 0 Å². The lowest BCUT2D eigenvalue weighted by molar-refractivity contribution is 0.0600. The zero-order valence-electron chi connectivity index (χ0n) is 13.4. The van der Waals surface area contributed by atoms with E-state index < -0.39 is 5.97 Å². The number of hydrogen-bond acceptors (Lipinski definition) is 5. The van der Waals surface area contributed by atoms with Crippen molar-refractivity contribution in [2.45, 2.75) is 6.92 Å². The fourth-order valence-electron chi connectivity index (χ4n) is 2.41. The number of methoxy groups -OCH3 is 1. The number of allylic oxidation sites excluding steroid dienone is 1. The van der Waals surface area contributed by atoms with Crippen LogP contribution in [0.1, 0.15) is 33.2 Å². The van der Waals surface area contributed by atoms with Gasteiger partial charge in [0.1, 0.15) is 11.5 Å². The van der Waals surface area contributed by atoms with Gasteiger partial charge in [-0.15, -0.1) is 0 Å². The molecule has 0 atom stereocenters. The molecule has 0 unspecified atom stereocenters. The third kappa shape index (κ3) is 3.01. The summed E-state index contributed by atoms with van der Waals surface area (Å²) in [5.41, 5.74) is 1.71. The van der Waals surface area contributed by atoms with Crippen LogP contribution in [0, 0.1) is 0 Å². The minimum absolute atomic E-state index is 0.176. The fraction of sp³-hybridized carbons (Fsp3) is 0.158. The van der Waals surface area contributed by atoms with Crippen molar-refractivity contribution in [3.63, 3.8) is 0 Å². The van der Waals surface area contributed by atoms with Crippen LogP contribution in [0.15, 0.2) is 48.2 Å². The Labute approximate surface area is 139 Å². The van der Waals surface area contributed by atoms with E-state index in [-0.39, 0.29) is 11.5 Å². The Hall–Kier alpha value is -3.08. The minimum Gasteiger partial charge on any atom is -0.494 e. The zero-order valence-corrected chi connectivity index (χ0v) is 13.4. The third-order valence-electron chi connectivity index (χ3n) is 3.58. The number of benzene rings is 2. The van der Waals surface area contributed by atoms with Gasteiger partial charge in [0.05, 0.1) is 24.8 Å². The summed E-state index contributed by atoms with van der Waals surface area (Å²) >= 11 is 0. The summed E-state index contributed by atoms with van der Waals surface area (Å²) in [5.74, 6) is 0.809. The van der Waals surface area contributed by atoms with Gasteiger partial charge in [-0.05, 0) is 42.8 Å². The minimum atomic E-state index is -0.404. The molecular formula is C19H16O5. The lowest BCUT2D eigenvalue weighted by Gasteiger charge is -2.04. The molecule has 0 fully saturated rings. The molecule has 0 saturated carbocycles. The maximum Gasteiger partial charge on any atom is 0.337 e. The van der Waals surface area contributed by atoms with E-state index in [0.29, 0.717) is 29.2 Å². The number of rotatable bonds is 4. The van der Waals surface area contributed by atoms with Crippen LogP contribution in [-0.4, -0.2) is 25.5 Å². The second-order valence-corrected chi connectivity index (χ2v) is 5.14. The lowest BCUT2D eigenvalue weighted by atomic mass is 10.1. The van der Waals surface area contributed by atoms with Crippen molar-refractivity contribution >= 4 is 17.8 Å². The number of ketones is 1. The lowest BCUT2D eigenvalue weighted by Crippen LogP contribution is -2.01. The first kappa shape index (κ1) is 15.8. The Bertz CT molecular complexity index is 818. The first-order valence-electron chi connectivity index (χ1n) is 7.52. The molecule has 122 valence electrons. The van der Waals surface area contributed by atoms with Gasteiger partial charge in [-0.3, -0.25) is 4.79 Å². The normalized spacial score (nSPS) is 14.2. The van der Waals surface area contributed by atoms with E-state index in [4.69, 9.17) is 9.47 Å². The van der Waals surface area contributed by atoms with Gasteiger partial charge in [-0.25, -0.2) is 4.79 Å². The summed E-state index contributed by atoms with van der Waals surface area (Å²) in [6, 6.07) is 11.9. The number of fused-ring (bicyclic) bond motifs is 1. The van der Waals surface area contributed by atoms with Crippen LogP contribution in [0.4, 0.5) is 0 Å². The number of ether oxygens (including phenoxy) is 3. The number of Topliss-reactive ketones (excluding diaryl/α,β-unsaturated/α-hetero) is 1. The molecule has 0 bridgehead atoms. The molecule has 3 rings (SSSR count). The highest BCUT2D eigenvalue weighted by atomic mass is 16.5. The molecule has 1 aliphatic heterocycles. The summed E-state index contributed by atoms with van der Waals surface area (Å²) < 4.78 is 15.7. The molecule has 5 heteroatoms. The Kier molecular flexibility index (Phi) is 4.33. The van der Waals surface area contributed by atoms with Crippen LogP contribution >= 0.6 is 0 Å². The standard InChI is InChI=1S/C19H16O5/c1-3-23-14-8-9-15-16(11-14)24-17(18(15)20)10-12-4-6-13(7-5-12)19(21)22-2/h4-11H,3H2,1-2H3. The number of hydrogen-bond donors (Lipinski definition) is 0. The fourth-order valence-corrected chi connectivity index (χ4v) is 2.41. The van der Waals surface area contributed by atoms with E-state index in [0.717, 1.165) is 5.56 Å². The van der Waals surface area contributed by atoms with Gasteiger partial charge in [-0.1, -0.05) is 12.1 Å². The molecule has 2 aromatic rings. The Morgan fingerprint density at radius 3 is 2.58 bits per heavy atom. The van der Waals surface area contributed by atoms with E-state index in [1.165, 1.54) is 7.11 Å². The highest BCUT2D eigenvalue weighted by molar-refractivity contribution is 6.14. The molecule has 1 heterocycles. The van der Waals surface area contributed by atoms with Crippen molar-refractivity contribution in [3.05, 3.63) is 64.9 Å². The molecule has 0 spiro atoms. The highest BCUT2D eigenvalue weighted by Gasteiger charge is 2.27. The molecule has 0 radical (unpaired) electrons. The predicted molar refractivity (Wildman–Crippen MR) is 88.3 cm³/mol. The van der Waals surface area contributed by atoms with Gasteiger partial charge in [-0.2, -0.15) is 0 Å².